The van der Waals surface area contributed by atoms with Gasteiger partial charge in [0.15, 0.2) is 0 Å². The maximum absolute atomic E-state index is 2.42. The molecule has 0 aliphatic carbocycles. The summed E-state index contributed by atoms with van der Waals surface area (Å²) in [5, 5.41) is 0. The Bertz CT molecular complexity index is 307. The van der Waals surface area contributed by atoms with Crippen molar-refractivity contribution in [3.63, 3.8) is 0 Å². The average Bonchev–Trinajstić information content (AvgIpc) is 2.42. The van der Waals surface area contributed by atoms with Crippen molar-refractivity contribution in [1.29, 1.82) is 0 Å². The van der Waals surface area contributed by atoms with Gasteiger partial charge in [0.2, 0.25) is 0 Å². The fourth-order valence-electron chi connectivity index (χ4n) is 2.18. The van der Waals surface area contributed by atoms with Crippen LogP contribution in [0, 0.1) is 11.8 Å². The average molecular weight is 262 g/mol. The summed E-state index contributed by atoms with van der Waals surface area (Å²) in [6, 6.07) is 9.23. The van der Waals surface area contributed by atoms with Crippen LogP contribution in [0.4, 0.5) is 0 Å². The summed E-state index contributed by atoms with van der Waals surface area (Å²) < 4.78 is 0. The van der Waals surface area contributed by atoms with Gasteiger partial charge in [0, 0.05) is 0 Å². The van der Waals surface area contributed by atoms with Crippen molar-refractivity contribution < 1.29 is 0 Å². The van der Waals surface area contributed by atoms with E-state index < -0.39 is 0 Å². The van der Waals surface area contributed by atoms with Gasteiger partial charge in [-0.2, -0.15) is 0 Å². The molecule has 20 heavy (non-hydrogen) atoms. The van der Waals surface area contributed by atoms with E-state index in [1.54, 1.807) is 0 Å². The molecule has 0 aliphatic heterocycles. The van der Waals surface area contributed by atoms with E-state index in [4.69, 9.17) is 0 Å². The van der Waals surface area contributed by atoms with Gasteiger partial charge in [-0.3, -0.25) is 0 Å². The Labute approximate surface area is 150 Å². The summed E-state index contributed by atoms with van der Waals surface area (Å²) in [6.45, 7) is 9.28. The topological polar surface area (TPSA) is 0 Å². The van der Waals surface area contributed by atoms with E-state index in [0.29, 0.717) is 0 Å². The molecule has 0 N–H and O–H groups in total. The van der Waals surface area contributed by atoms with Crippen LogP contribution in [0.15, 0.2) is 24.3 Å². The van der Waals surface area contributed by atoms with Crippen LogP contribution in [0.5, 0.6) is 0 Å². The van der Waals surface area contributed by atoms with Crippen molar-refractivity contribution in [2.45, 2.75) is 66.2 Å². The van der Waals surface area contributed by atoms with E-state index in [1.807, 2.05) is 0 Å². The molecule has 0 saturated carbocycles. The molecule has 1 aromatic carbocycles. The first-order valence-electron chi connectivity index (χ1n) is 7.73. The van der Waals surface area contributed by atoms with Crippen LogP contribution in [0.3, 0.4) is 0 Å². The molecule has 0 amide bonds. The predicted octanol–water partition coefficient (Wildman–Crippen LogP) is 4.35. The van der Waals surface area contributed by atoms with E-state index in [0.717, 1.165) is 11.8 Å². The Hall–Kier alpha value is 0.415. The molecule has 0 saturated heterocycles. The van der Waals surface area contributed by atoms with Gasteiger partial charge >= 0.3 is 37.7 Å². The van der Waals surface area contributed by atoms with Gasteiger partial charge in [-0.05, 0) is 48.6 Å². The Morgan fingerprint density at radius 2 is 1.20 bits per heavy atom. The summed E-state index contributed by atoms with van der Waals surface area (Å²) in [5.41, 5.74) is 3.05. The molecule has 0 heterocycles. The van der Waals surface area contributed by atoms with Crippen LogP contribution >= 0.6 is 0 Å². The van der Waals surface area contributed by atoms with Gasteiger partial charge < -0.3 is 0 Å². The van der Waals surface area contributed by atoms with Gasteiger partial charge in [-0.25, -0.2) is 0 Å². The minimum absolute atomic E-state index is 0. The Balaban J connectivity index is 0. The van der Waals surface area contributed by atoms with Crippen LogP contribution in [-0.4, -0.2) is 37.7 Å². The standard InChI is InChI=1S/C18H30.2Li.2H/c1-5-15(3)10-12-17-8-7-9-18(14-17)13-11-16(4)6-2;;;;/h7-9,14-16H,5-6,10-13H2,1-4H3;;;;. The summed E-state index contributed by atoms with van der Waals surface area (Å²) in [7, 11) is 0. The summed E-state index contributed by atoms with van der Waals surface area (Å²) >= 11 is 0. The van der Waals surface area contributed by atoms with Gasteiger partial charge in [-0.15, -0.1) is 0 Å². The summed E-state index contributed by atoms with van der Waals surface area (Å²) in [4.78, 5) is 0. The first-order valence-corrected chi connectivity index (χ1v) is 7.73. The molecule has 0 radical (unpaired) electrons. The van der Waals surface area contributed by atoms with E-state index in [9.17, 15) is 0 Å². The zero-order valence-corrected chi connectivity index (χ0v) is 12.7. The number of benzene rings is 1. The number of hydrogen-bond donors (Lipinski definition) is 0. The third kappa shape index (κ3) is 9.37. The normalized spacial score (nSPS) is 13.0. The van der Waals surface area contributed by atoms with Gasteiger partial charge in [0.05, 0.1) is 0 Å². The van der Waals surface area contributed by atoms with E-state index in [2.05, 4.69) is 52.0 Å². The van der Waals surface area contributed by atoms with Crippen LogP contribution in [0.25, 0.3) is 0 Å². The molecule has 106 valence electrons. The first-order chi connectivity index (χ1) is 8.65. The van der Waals surface area contributed by atoms with Crippen molar-refractivity contribution >= 4 is 37.7 Å². The molecular formula is C18H32Li2. The molecular weight excluding hydrogens is 230 g/mol. The number of hydrogen-bond acceptors (Lipinski definition) is 0. The fourth-order valence-corrected chi connectivity index (χ4v) is 2.18. The fraction of sp³-hybridized carbons (Fsp3) is 0.667. The zero-order chi connectivity index (χ0) is 13.4. The molecule has 0 aliphatic rings. The maximum atomic E-state index is 2.42. The third-order valence-electron chi connectivity index (χ3n) is 4.24. The molecule has 1 rings (SSSR count). The second-order valence-electron chi connectivity index (χ2n) is 5.92. The van der Waals surface area contributed by atoms with Gasteiger partial charge in [0.1, 0.15) is 0 Å². The Morgan fingerprint density at radius 1 is 0.800 bits per heavy atom. The van der Waals surface area contributed by atoms with Crippen LogP contribution in [0.2, 0.25) is 0 Å². The van der Waals surface area contributed by atoms with Crippen molar-refractivity contribution in [1.82, 2.24) is 0 Å². The molecule has 0 spiro atoms. The number of aryl methyl sites for hydroxylation is 2. The van der Waals surface area contributed by atoms with E-state index >= 15 is 0 Å². The molecule has 2 atom stereocenters. The molecule has 2 unspecified atom stereocenters. The van der Waals surface area contributed by atoms with Crippen LogP contribution < -0.4 is 0 Å². The Morgan fingerprint density at radius 3 is 1.55 bits per heavy atom. The van der Waals surface area contributed by atoms with Gasteiger partial charge in [0.25, 0.3) is 0 Å². The van der Waals surface area contributed by atoms with E-state index in [1.165, 1.54) is 49.7 Å². The van der Waals surface area contributed by atoms with Crippen molar-refractivity contribution in [3.05, 3.63) is 35.4 Å². The molecule has 0 bridgehead atoms. The molecule has 0 aromatic heterocycles. The van der Waals surface area contributed by atoms with Crippen molar-refractivity contribution in [2.75, 3.05) is 0 Å². The molecule has 0 nitrogen and oxygen atoms in total. The second-order valence-corrected chi connectivity index (χ2v) is 5.92. The van der Waals surface area contributed by atoms with Crippen LogP contribution in [0.1, 0.15) is 64.5 Å². The third-order valence-corrected chi connectivity index (χ3v) is 4.24. The Kier molecular flexibility index (Phi) is 14.9. The minimum atomic E-state index is 0. The zero-order valence-electron chi connectivity index (χ0n) is 12.7. The van der Waals surface area contributed by atoms with Crippen LogP contribution in [-0.2, 0) is 12.8 Å². The van der Waals surface area contributed by atoms with Crippen molar-refractivity contribution in [3.8, 4) is 0 Å². The molecule has 2 heteroatoms. The quantitative estimate of drug-likeness (QED) is 0.611. The molecule has 1 aromatic rings. The second kappa shape index (κ2) is 13.1. The number of rotatable bonds is 8. The summed E-state index contributed by atoms with van der Waals surface area (Å²) in [5.74, 6) is 1.71. The SMILES string of the molecule is CCC(C)CCc1cccc(CCC(C)CC)c1.[LiH].[LiH]. The monoisotopic (exact) mass is 262 g/mol. The first kappa shape index (κ1) is 22.7. The summed E-state index contributed by atoms with van der Waals surface area (Å²) in [6.07, 6.45) is 7.73. The van der Waals surface area contributed by atoms with Crippen molar-refractivity contribution in [2.24, 2.45) is 11.8 Å². The van der Waals surface area contributed by atoms with E-state index in [-0.39, 0.29) is 37.7 Å². The molecule has 0 fully saturated rings. The van der Waals surface area contributed by atoms with Gasteiger partial charge in [-0.1, -0.05) is 64.8 Å². The predicted molar refractivity (Wildman–Crippen MR) is 96.3 cm³/mol.